The monoisotopic (exact) mass is 143 g/mol. The first-order valence-electron chi connectivity index (χ1n) is 4.12. The highest BCUT2D eigenvalue weighted by Crippen LogP contribution is 1.74. The molecular weight excluding hydrogens is 124 g/mol. The Kier molecular flexibility index (Phi) is 8.85. The van der Waals surface area contributed by atoms with Gasteiger partial charge in [0.15, 0.2) is 0 Å². The molecule has 0 saturated heterocycles. The van der Waals surface area contributed by atoms with Gasteiger partial charge >= 0.3 is 0 Å². The molecule has 0 amide bonds. The van der Waals surface area contributed by atoms with E-state index >= 15 is 0 Å². The van der Waals surface area contributed by atoms with Crippen molar-refractivity contribution in [1.29, 1.82) is 0 Å². The van der Waals surface area contributed by atoms with Crippen molar-refractivity contribution in [2.45, 2.75) is 19.8 Å². The maximum absolute atomic E-state index is 3.74. The molecule has 1 radical (unpaired) electrons. The molecule has 0 aromatic carbocycles. The van der Waals surface area contributed by atoms with E-state index in [1.54, 1.807) is 0 Å². The Morgan fingerprint density at radius 2 is 1.80 bits per heavy atom. The Hall–Kier alpha value is -0.0800. The smallest absolute Gasteiger partial charge is 0.00368 e. The quantitative estimate of drug-likeness (QED) is 0.515. The van der Waals surface area contributed by atoms with Crippen molar-refractivity contribution in [2.75, 3.05) is 26.2 Å². The first-order valence-corrected chi connectivity index (χ1v) is 4.12. The summed E-state index contributed by atoms with van der Waals surface area (Å²) in [5.41, 5.74) is 0. The Bertz CT molecular complexity index is 47.2. The van der Waals surface area contributed by atoms with Crippen LogP contribution in [0.4, 0.5) is 0 Å². The van der Waals surface area contributed by atoms with Gasteiger partial charge in [-0.05, 0) is 39.0 Å². The second-order valence-electron chi connectivity index (χ2n) is 2.31. The summed E-state index contributed by atoms with van der Waals surface area (Å²) < 4.78 is 0. The van der Waals surface area contributed by atoms with Crippen LogP contribution in [0.15, 0.2) is 0 Å². The predicted molar refractivity (Wildman–Crippen MR) is 46.0 cm³/mol. The minimum Gasteiger partial charge on any atom is -0.317 e. The molecule has 0 spiro atoms. The zero-order valence-corrected chi connectivity index (χ0v) is 6.95. The summed E-state index contributed by atoms with van der Waals surface area (Å²) >= 11 is 0. The average molecular weight is 143 g/mol. The van der Waals surface area contributed by atoms with E-state index in [1.165, 1.54) is 6.42 Å². The maximum atomic E-state index is 3.74. The normalized spacial score (nSPS) is 10.2. The van der Waals surface area contributed by atoms with Crippen molar-refractivity contribution in [3.63, 3.8) is 0 Å². The van der Waals surface area contributed by atoms with Crippen LogP contribution in [0.3, 0.4) is 0 Å². The lowest BCUT2D eigenvalue weighted by atomic mass is 10.4. The number of nitrogens with one attached hydrogen (secondary N) is 2. The highest BCUT2D eigenvalue weighted by molar-refractivity contribution is 4.50. The van der Waals surface area contributed by atoms with Crippen molar-refractivity contribution >= 4 is 0 Å². The van der Waals surface area contributed by atoms with Crippen LogP contribution in [0.1, 0.15) is 19.8 Å². The molecule has 0 saturated carbocycles. The average Bonchev–Trinajstić information content (AvgIpc) is 1.97. The summed E-state index contributed by atoms with van der Waals surface area (Å²) in [5, 5.41) is 6.56. The largest absolute Gasteiger partial charge is 0.317 e. The molecule has 0 heterocycles. The molecule has 0 aliphatic heterocycles. The number of rotatable bonds is 7. The third-order valence-electron chi connectivity index (χ3n) is 1.31. The SMILES string of the molecule is [CH2]CCNCCCNCC. The van der Waals surface area contributed by atoms with Crippen molar-refractivity contribution < 1.29 is 0 Å². The van der Waals surface area contributed by atoms with Crippen molar-refractivity contribution in [2.24, 2.45) is 0 Å². The predicted octanol–water partition coefficient (Wildman–Crippen LogP) is 0.800. The van der Waals surface area contributed by atoms with Crippen LogP contribution < -0.4 is 10.6 Å². The van der Waals surface area contributed by atoms with E-state index in [0.717, 1.165) is 32.6 Å². The summed E-state index contributed by atoms with van der Waals surface area (Å²) in [4.78, 5) is 0. The number of hydrogen-bond donors (Lipinski definition) is 2. The van der Waals surface area contributed by atoms with E-state index in [0.29, 0.717) is 0 Å². The molecule has 0 aromatic heterocycles. The summed E-state index contributed by atoms with van der Waals surface area (Å²) in [6.07, 6.45) is 2.20. The second-order valence-corrected chi connectivity index (χ2v) is 2.31. The molecule has 0 aromatic rings. The first-order chi connectivity index (χ1) is 4.91. The fourth-order valence-corrected chi connectivity index (χ4v) is 0.765. The minimum absolute atomic E-state index is 0.987. The molecule has 2 nitrogen and oxygen atoms in total. The lowest BCUT2D eigenvalue weighted by molar-refractivity contribution is 0.609. The Morgan fingerprint density at radius 3 is 2.40 bits per heavy atom. The van der Waals surface area contributed by atoms with Gasteiger partial charge in [-0.25, -0.2) is 0 Å². The summed E-state index contributed by atoms with van der Waals surface area (Å²) in [5.74, 6) is 0. The van der Waals surface area contributed by atoms with E-state index in [-0.39, 0.29) is 0 Å². The lowest BCUT2D eigenvalue weighted by Gasteiger charge is -2.02. The molecule has 10 heavy (non-hydrogen) atoms. The van der Waals surface area contributed by atoms with Gasteiger partial charge in [-0.3, -0.25) is 0 Å². The van der Waals surface area contributed by atoms with Gasteiger partial charge in [0.05, 0.1) is 0 Å². The van der Waals surface area contributed by atoms with Crippen LogP contribution in [-0.4, -0.2) is 26.2 Å². The standard InChI is InChI=1S/C8H19N2/c1-3-6-10-8-5-7-9-4-2/h9-10H,1,3-8H2,2H3. The van der Waals surface area contributed by atoms with Gasteiger partial charge in [0, 0.05) is 0 Å². The van der Waals surface area contributed by atoms with Crippen molar-refractivity contribution in [1.82, 2.24) is 10.6 Å². The highest BCUT2D eigenvalue weighted by Gasteiger charge is 1.84. The van der Waals surface area contributed by atoms with Gasteiger partial charge < -0.3 is 10.6 Å². The van der Waals surface area contributed by atoms with Crippen molar-refractivity contribution in [3.05, 3.63) is 6.92 Å². The van der Waals surface area contributed by atoms with Gasteiger partial charge in [-0.2, -0.15) is 0 Å². The van der Waals surface area contributed by atoms with E-state index in [1.807, 2.05) is 0 Å². The van der Waals surface area contributed by atoms with Crippen molar-refractivity contribution in [3.8, 4) is 0 Å². The molecule has 2 heteroatoms. The fourth-order valence-electron chi connectivity index (χ4n) is 0.765. The molecule has 0 aliphatic carbocycles. The molecule has 61 valence electrons. The third-order valence-corrected chi connectivity index (χ3v) is 1.31. The van der Waals surface area contributed by atoms with Crippen LogP contribution in [0.2, 0.25) is 0 Å². The molecule has 2 N–H and O–H groups in total. The number of hydrogen-bond acceptors (Lipinski definition) is 2. The molecule has 0 fully saturated rings. The zero-order valence-electron chi connectivity index (χ0n) is 6.95. The van der Waals surface area contributed by atoms with Gasteiger partial charge in [0.1, 0.15) is 0 Å². The molecule has 0 atom stereocenters. The summed E-state index contributed by atoms with van der Waals surface area (Å²) in [7, 11) is 0. The maximum Gasteiger partial charge on any atom is -0.00368 e. The minimum atomic E-state index is 0.987. The van der Waals surface area contributed by atoms with E-state index in [4.69, 9.17) is 0 Å². The fraction of sp³-hybridized carbons (Fsp3) is 0.875. The first kappa shape index (κ1) is 9.92. The molecular formula is C8H19N2. The highest BCUT2D eigenvalue weighted by atomic mass is 14.9. The van der Waals surface area contributed by atoms with Crippen LogP contribution in [-0.2, 0) is 0 Å². The van der Waals surface area contributed by atoms with Gasteiger partial charge in [-0.1, -0.05) is 13.8 Å². The summed E-state index contributed by atoms with van der Waals surface area (Å²) in [6, 6.07) is 0. The molecule has 0 bridgehead atoms. The molecule has 0 aliphatic rings. The topological polar surface area (TPSA) is 24.1 Å². The Morgan fingerprint density at radius 1 is 1.10 bits per heavy atom. The van der Waals surface area contributed by atoms with E-state index < -0.39 is 0 Å². The van der Waals surface area contributed by atoms with E-state index in [2.05, 4.69) is 24.5 Å². The molecule has 0 unspecified atom stereocenters. The lowest BCUT2D eigenvalue weighted by Crippen LogP contribution is -2.22. The Balaban J connectivity index is 2.65. The van der Waals surface area contributed by atoms with E-state index in [9.17, 15) is 0 Å². The van der Waals surface area contributed by atoms with Crippen LogP contribution in [0.25, 0.3) is 0 Å². The second kappa shape index (κ2) is 8.92. The van der Waals surface area contributed by atoms with Crippen LogP contribution in [0.5, 0.6) is 0 Å². The Labute approximate surface area is 64.4 Å². The summed E-state index contributed by atoms with van der Waals surface area (Å²) in [6.45, 7) is 10.2. The van der Waals surface area contributed by atoms with Gasteiger partial charge in [0.2, 0.25) is 0 Å². The van der Waals surface area contributed by atoms with Crippen LogP contribution in [0, 0.1) is 6.92 Å². The van der Waals surface area contributed by atoms with Crippen LogP contribution >= 0.6 is 0 Å². The zero-order chi connectivity index (χ0) is 7.66. The molecule has 0 rings (SSSR count). The van der Waals surface area contributed by atoms with Gasteiger partial charge in [-0.15, -0.1) is 0 Å². The van der Waals surface area contributed by atoms with Gasteiger partial charge in [0.25, 0.3) is 0 Å². The third kappa shape index (κ3) is 7.92.